The standard InChI is InChI=1S/C17H27N5O3/c1-20(17(23)22-7-9-24-10-8-22)14-3-2-6-21(11-14)12-15-18-19-16(25-15)13-4-5-13/h13-14H,2-12H2,1H3. The molecular formula is C17H27N5O3. The number of amides is 2. The predicted molar refractivity (Wildman–Crippen MR) is 90.1 cm³/mol. The van der Waals surface area contributed by atoms with Crippen LogP contribution in [0.4, 0.5) is 4.79 Å². The molecule has 0 radical (unpaired) electrons. The van der Waals surface area contributed by atoms with Crippen molar-refractivity contribution in [2.45, 2.75) is 44.2 Å². The quantitative estimate of drug-likeness (QED) is 0.815. The Kier molecular flexibility index (Phi) is 4.89. The number of urea groups is 1. The van der Waals surface area contributed by atoms with Crippen molar-refractivity contribution in [3.05, 3.63) is 11.8 Å². The molecule has 1 unspecified atom stereocenters. The van der Waals surface area contributed by atoms with E-state index in [0.29, 0.717) is 44.7 Å². The molecule has 2 amide bonds. The van der Waals surface area contributed by atoms with Crippen molar-refractivity contribution in [1.82, 2.24) is 24.9 Å². The number of ether oxygens (including phenoxy) is 1. The van der Waals surface area contributed by atoms with Crippen molar-refractivity contribution in [3.8, 4) is 0 Å². The van der Waals surface area contributed by atoms with E-state index in [1.807, 2.05) is 16.8 Å². The van der Waals surface area contributed by atoms with Crippen LogP contribution in [0.15, 0.2) is 4.42 Å². The number of likely N-dealkylation sites (tertiary alicyclic amines) is 1. The topological polar surface area (TPSA) is 74.9 Å². The van der Waals surface area contributed by atoms with Crippen LogP contribution in [0, 0.1) is 0 Å². The molecule has 4 rings (SSSR count). The number of carbonyl (C=O) groups is 1. The molecule has 25 heavy (non-hydrogen) atoms. The van der Waals surface area contributed by atoms with Crippen LogP contribution in [0.25, 0.3) is 0 Å². The van der Waals surface area contributed by atoms with E-state index >= 15 is 0 Å². The molecule has 1 saturated carbocycles. The van der Waals surface area contributed by atoms with E-state index in [2.05, 4.69) is 15.1 Å². The molecule has 8 heteroatoms. The minimum Gasteiger partial charge on any atom is -0.424 e. The number of hydrogen-bond donors (Lipinski definition) is 0. The van der Waals surface area contributed by atoms with Gasteiger partial charge in [-0.05, 0) is 32.2 Å². The van der Waals surface area contributed by atoms with Crippen molar-refractivity contribution >= 4 is 6.03 Å². The van der Waals surface area contributed by atoms with Crippen molar-refractivity contribution in [2.75, 3.05) is 46.4 Å². The van der Waals surface area contributed by atoms with Gasteiger partial charge in [0.2, 0.25) is 11.8 Å². The Morgan fingerprint density at radius 3 is 2.76 bits per heavy atom. The number of carbonyl (C=O) groups excluding carboxylic acids is 1. The van der Waals surface area contributed by atoms with Crippen LogP contribution in [0.1, 0.15) is 43.4 Å². The van der Waals surface area contributed by atoms with Crippen LogP contribution in [-0.4, -0.2) is 83.4 Å². The van der Waals surface area contributed by atoms with Crippen molar-refractivity contribution in [3.63, 3.8) is 0 Å². The van der Waals surface area contributed by atoms with Crippen LogP contribution < -0.4 is 0 Å². The lowest BCUT2D eigenvalue weighted by Crippen LogP contribution is -2.54. The van der Waals surface area contributed by atoms with Gasteiger partial charge in [0.25, 0.3) is 0 Å². The molecule has 0 bridgehead atoms. The number of hydrogen-bond acceptors (Lipinski definition) is 6. The second kappa shape index (κ2) is 7.29. The van der Waals surface area contributed by atoms with Gasteiger partial charge >= 0.3 is 6.03 Å². The maximum absolute atomic E-state index is 12.7. The first-order valence-corrected chi connectivity index (χ1v) is 9.35. The fourth-order valence-electron chi connectivity index (χ4n) is 3.64. The molecule has 2 saturated heterocycles. The van der Waals surface area contributed by atoms with Gasteiger partial charge in [-0.3, -0.25) is 4.90 Å². The Hall–Kier alpha value is -1.67. The molecule has 1 aliphatic carbocycles. The normalized spacial score (nSPS) is 25.2. The van der Waals surface area contributed by atoms with Gasteiger partial charge in [-0.1, -0.05) is 0 Å². The molecule has 0 spiro atoms. The van der Waals surface area contributed by atoms with Crippen LogP contribution in [-0.2, 0) is 11.3 Å². The van der Waals surface area contributed by atoms with E-state index < -0.39 is 0 Å². The summed E-state index contributed by atoms with van der Waals surface area (Å²) in [5.74, 6) is 1.99. The lowest BCUT2D eigenvalue weighted by Gasteiger charge is -2.39. The SMILES string of the molecule is CN(C(=O)N1CCOCC1)C1CCCN(Cc2nnc(C3CC3)o2)C1. The molecule has 138 valence electrons. The van der Waals surface area contributed by atoms with Crippen LogP contribution >= 0.6 is 0 Å². The highest BCUT2D eigenvalue weighted by atomic mass is 16.5. The zero-order valence-corrected chi connectivity index (χ0v) is 14.9. The largest absolute Gasteiger partial charge is 0.424 e. The highest BCUT2D eigenvalue weighted by Crippen LogP contribution is 2.39. The lowest BCUT2D eigenvalue weighted by molar-refractivity contribution is 0.0361. The van der Waals surface area contributed by atoms with Crippen LogP contribution in [0.2, 0.25) is 0 Å². The smallest absolute Gasteiger partial charge is 0.320 e. The molecule has 1 aromatic heterocycles. The molecule has 1 atom stereocenters. The number of piperidine rings is 1. The molecule has 3 aliphatic rings. The number of morpholine rings is 1. The molecule has 3 fully saturated rings. The summed E-state index contributed by atoms with van der Waals surface area (Å²) < 4.78 is 11.1. The van der Waals surface area contributed by atoms with Gasteiger partial charge < -0.3 is 19.0 Å². The first-order chi connectivity index (χ1) is 12.2. The van der Waals surface area contributed by atoms with Crippen LogP contribution in [0.5, 0.6) is 0 Å². The highest BCUT2D eigenvalue weighted by molar-refractivity contribution is 5.74. The number of rotatable bonds is 4. The molecule has 8 nitrogen and oxygen atoms in total. The van der Waals surface area contributed by atoms with Gasteiger partial charge in [-0.15, -0.1) is 10.2 Å². The maximum atomic E-state index is 12.7. The zero-order chi connectivity index (χ0) is 17.2. The van der Waals surface area contributed by atoms with Gasteiger partial charge in [-0.2, -0.15) is 0 Å². The van der Waals surface area contributed by atoms with Gasteiger partial charge in [0, 0.05) is 38.6 Å². The molecule has 3 heterocycles. The molecule has 2 aliphatic heterocycles. The maximum Gasteiger partial charge on any atom is 0.320 e. The van der Waals surface area contributed by atoms with E-state index in [1.54, 1.807) is 0 Å². The summed E-state index contributed by atoms with van der Waals surface area (Å²) in [7, 11) is 1.92. The number of nitrogens with zero attached hydrogens (tertiary/aromatic N) is 5. The van der Waals surface area contributed by atoms with E-state index in [4.69, 9.17) is 9.15 Å². The molecule has 0 aromatic carbocycles. The summed E-state index contributed by atoms with van der Waals surface area (Å²) in [6.45, 7) is 5.19. The molecule has 0 N–H and O–H groups in total. The van der Waals surface area contributed by atoms with Gasteiger partial charge in [0.05, 0.1) is 19.8 Å². The van der Waals surface area contributed by atoms with Crippen LogP contribution in [0.3, 0.4) is 0 Å². The van der Waals surface area contributed by atoms with E-state index in [1.165, 1.54) is 12.8 Å². The molecular weight excluding hydrogens is 322 g/mol. The average Bonchev–Trinajstić information content (AvgIpc) is 3.41. The van der Waals surface area contributed by atoms with Crippen molar-refractivity contribution < 1.29 is 13.9 Å². The van der Waals surface area contributed by atoms with E-state index in [-0.39, 0.29) is 12.1 Å². The fraction of sp³-hybridized carbons (Fsp3) is 0.824. The lowest BCUT2D eigenvalue weighted by atomic mass is 10.0. The number of likely N-dealkylation sites (N-methyl/N-ethyl adjacent to an activating group) is 1. The monoisotopic (exact) mass is 349 g/mol. The van der Waals surface area contributed by atoms with E-state index in [0.717, 1.165) is 31.8 Å². The van der Waals surface area contributed by atoms with Gasteiger partial charge in [0.15, 0.2) is 0 Å². The second-order valence-electron chi connectivity index (χ2n) is 7.33. The third-order valence-corrected chi connectivity index (χ3v) is 5.38. The summed E-state index contributed by atoms with van der Waals surface area (Å²) in [6, 6.07) is 0.346. The third-order valence-electron chi connectivity index (χ3n) is 5.38. The third kappa shape index (κ3) is 3.95. The summed E-state index contributed by atoms with van der Waals surface area (Å²) in [5.41, 5.74) is 0. The summed E-state index contributed by atoms with van der Waals surface area (Å²) in [6.07, 6.45) is 4.46. The molecule has 1 aromatic rings. The first kappa shape index (κ1) is 16.8. The van der Waals surface area contributed by atoms with Gasteiger partial charge in [-0.25, -0.2) is 4.79 Å². The average molecular weight is 349 g/mol. The van der Waals surface area contributed by atoms with Crippen molar-refractivity contribution in [1.29, 1.82) is 0 Å². The Morgan fingerprint density at radius 1 is 1.20 bits per heavy atom. The summed E-state index contributed by atoms with van der Waals surface area (Å²) in [4.78, 5) is 18.8. The minimum atomic E-state index is 0.115. The number of aromatic nitrogens is 2. The Morgan fingerprint density at radius 2 is 2.00 bits per heavy atom. The minimum absolute atomic E-state index is 0.115. The Bertz CT molecular complexity index is 597. The first-order valence-electron chi connectivity index (χ1n) is 9.35. The van der Waals surface area contributed by atoms with Gasteiger partial charge in [0.1, 0.15) is 0 Å². The van der Waals surface area contributed by atoms with Crippen molar-refractivity contribution in [2.24, 2.45) is 0 Å². The predicted octanol–water partition coefficient (Wildman–Crippen LogP) is 1.30. The zero-order valence-electron chi connectivity index (χ0n) is 14.9. The summed E-state index contributed by atoms with van der Waals surface area (Å²) in [5, 5.41) is 8.35. The Balaban J connectivity index is 1.32. The Labute approximate surface area is 148 Å². The highest BCUT2D eigenvalue weighted by Gasteiger charge is 2.32. The van der Waals surface area contributed by atoms with E-state index in [9.17, 15) is 4.79 Å². The fourth-order valence-corrected chi connectivity index (χ4v) is 3.64. The summed E-state index contributed by atoms with van der Waals surface area (Å²) >= 11 is 0. The second-order valence-corrected chi connectivity index (χ2v) is 7.33.